The van der Waals surface area contributed by atoms with Crippen molar-refractivity contribution < 1.29 is 62.2 Å². The Balaban J connectivity index is 0.000000214. The highest BCUT2D eigenvalue weighted by atomic mass is 16.5. The molecule has 12 rings (SSSR count). The summed E-state index contributed by atoms with van der Waals surface area (Å²) < 4.78 is 17.2. The molecule has 0 aliphatic carbocycles. The minimum Gasteiger partial charge on any atom is -0.497 e. The van der Waals surface area contributed by atoms with Crippen molar-refractivity contribution in [2.75, 3.05) is 132 Å². The zero-order chi connectivity index (χ0) is 105. The second-order valence-corrected chi connectivity index (χ2v) is 45.4. The lowest BCUT2D eigenvalue weighted by Crippen LogP contribution is -2.62. The molecule has 4 aromatic rings. The smallest absolute Gasteiger partial charge is 0.245 e. The summed E-state index contributed by atoms with van der Waals surface area (Å²) in [6, 6.07) is 35.2. The summed E-state index contributed by atoms with van der Waals surface area (Å²) in [7, 11) is 3.51. The summed E-state index contributed by atoms with van der Waals surface area (Å²) in [6.07, 6.45) is 15.8. The average Bonchev–Trinajstić information content (AvgIpc) is 0.818. The first kappa shape index (κ1) is 118. The third-order valence-electron chi connectivity index (χ3n) is 29.7. The van der Waals surface area contributed by atoms with Crippen molar-refractivity contribution in [3.63, 3.8) is 0 Å². The monoisotopic (exact) mass is 1990 g/mol. The number of rotatable bonds is 42. The van der Waals surface area contributed by atoms with Gasteiger partial charge in [0.05, 0.1) is 56.1 Å². The fourth-order valence-corrected chi connectivity index (χ4v) is 21.7. The normalized spacial score (nSPS) is 20.2. The van der Waals surface area contributed by atoms with Gasteiger partial charge in [-0.1, -0.05) is 197 Å². The molecular weight excluding hydrogens is 1810 g/mol. The topological polar surface area (TPSA) is 303 Å². The van der Waals surface area contributed by atoms with Crippen LogP contribution in [0.25, 0.3) is 0 Å². The van der Waals surface area contributed by atoms with Crippen molar-refractivity contribution in [3.8, 4) is 23.3 Å². The molecule has 10 amide bonds. The highest BCUT2D eigenvalue weighted by molar-refractivity contribution is 5.93. The lowest BCUT2D eigenvalue weighted by Gasteiger charge is -2.42. The number of nitrogens with zero attached hydrogens (tertiary/aromatic N) is 11. The van der Waals surface area contributed by atoms with Crippen molar-refractivity contribution in [1.29, 1.82) is 5.26 Å². The molecule has 8 aliphatic heterocycles. The second kappa shape index (κ2) is 59.9. The molecule has 0 aromatic heterocycles. The van der Waals surface area contributed by atoms with Crippen LogP contribution in [0.3, 0.4) is 0 Å². The van der Waals surface area contributed by atoms with Gasteiger partial charge in [0, 0.05) is 150 Å². The highest BCUT2D eigenvalue weighted by Crippen LogP contribution is 2.34. The van der Waals surface area contributed by atoms with Crippen molar-refractivity contribution >= 4 is 59.1 Å². The van der Waals surface area contributed by atoms with Crippen LogP contribution in [0.2, 0.25) is 0 Å². The molecule has 144 heavy (non-hydrogen) atoms. The minimum absolute atomic E-state index is 0.0656. The Kier molecular flexibility index (Phi) is 49.1. The van der Waals surface area contributed by atoms with Gasteiger partial charge in [0.1, 0.15) is 41.4 Å². The number of nitrogens with one attached hydrogen (secondary N) is 4. The van der Waals surface area contributed by atoms with Gasteiger partial charge in [-0.25, -0.2) is 0 Å². The van der Waals surface area contributed by atoms with E-state index in [9.17, 15) is 47.9 Å². The largest absolute Gasteiger partial charge is 0.497 e. The van der Waals surface area contributed by atoms with Gasteiger partial charge in [0.15, 0.2) is 0 Å². The third kappa shape index (κ3) is 37.0. The van der Waals surface area contributed by atoms with E-state index in [4.69, 9.17) is 19.5 Å². The van der Waals surface area contributed by atoms with Crippen LogP contribution in [0, 0.1) is 82.3 Å². The predicted octanol–water partition coefficient (Wildman–Crippen LogP) is 15.6. The summed E-state index contributed by atoms with van der Waals surface area (Å²) in [6.45, 7) is 51.5. The Hall–Kier alpha value is -9.69. The lowest BCUT2D eigenvalue weighted by atomic mass is 9.91. The fraction of sp³-hybridized carbons (Fsp3) is 0.698. The van der Waals surface area contributed by atoms with Crippen LogP contribution in [-0.2, 0) is 61.0 Å². The van der Waals surface area contributed by atoms with E-state index < -0.39 is 12.1 Å². The lowest BCUT2D eigenvalue weighted by molar-refractivity contribution is -0.150. The predicted molar refractivity (Wildman–Crippen MR) is 571 cm³/mol. The van der Waals surface area contributed by atoms with Gasteiger partial charge < -0.3 is 84.5 Å². The molecule has 8 fully saturated rings. The molecule has 4 aromatic carbocycles. The van der Waals surface area contributed by atoms with Crippen LogP contribution < -0.4 is 35.5 Å². The number of methoxy groups -OCH3 is 1. The molecule has 0 unspecified atom stereocenters. The van der Waals surface area contributed by atoms with E-state index >= 15 is 0 Å². The highest BCUT2D eigenvalue weighted by Gasteiger charge is 2.46. The molecule has 800 valence electrons. The van der Waals surface area contributed by atoms with Crippen LogP contribution in [0.1, 0.15) is 270 Å². The Morgan fingerprint density at radius 2 is 0.660 bits per heavy atom. The van der Waals surface area contributed by atoms with E-state index in [0.29, 0.717) is 207 Å². The van der Waals surface area contributed by atoms with Gasteiger partial charge in [-0.2, -0.15) is 5.26 Å². The molecule has 0 radical (unpaired) electrons. The van der Waals surface area contributed by atoms with Gasteiger partial charge in [0.2, 0.25) is 59.1 Å². The number of nitriles is 1. The van der Waals surface area contributed by atoms with Crippen LogP contribution in [0.4, 0.5) is 0 Å². The number of benzene rings is 4. The summed E-state index contributed by atoms with van der Waals surface area (Å²) in [5, 5.41) is 22.5. The van der Waals surface area contributed by atoms with E-state index in [-0.39, 0.29) is 107 Å². The number of carbonyl (C=O) groups is 10. The zero-order valence-electron chi connectivity index (χ0n) is 91.5. The zero-order valence-corrected chi connectivity index (χ0v) is 91.5. The number of ether oxygens (including phenoxy) is 3. The van der Waals surface area contributed by atoms with Gasteiger partial charge >= 0.3 is 0 Å². The van der Waals surface area contributed by atoms with Crippen LogP contribution in [0.15, 0.2) is 109 Å². The maximum Gasteiger partial charge on any atom is 0.245 e. The second-order valence-electron chi connectivity index (χ2n) is 45.4. The van der Waals surface area contributed by atoms with Crippen molar-refractivity contribution in [2.24, 2.45) is 71.0 Å². The van der Waals surface area contributed by atoms with Gasteiger partial charge in [0.25, 0.3) is 0 Å². The molecular formula is C116H183N15O13. The quantitative estimate of drug-likeness (QED) is 0.0320. The number of piperidine rings is 4. The molecule has 28 nitrogen and oxygen atoms in total. The molecule has 0 spiro atoms. The molecule has 0 bridgehead atoms. The van der Waals surface area contributed by atoms with Gasteiger partial charge in [-0.3, -0.25) is 47.9 Å². The molecule has 0 saturated carbocycles. The van der Waals surface area contributed by atoms with Gasteiger partial charge in [-0.15, -0.1) is 0 Å². The van der Waals surface area contributed by atoms with E-state index in [1.54, 1.807) is 24.1 Å². The molecule has 8 heterocycles. The van der Waals surface area contributed by atoms with Crippen molar-refractivity contribution in [1.82, 2.24) is 70.3 Å². The first-order valence-electron chi connectivity index (χ1n) is 55.2. The first-order chi connectivity index (χ1) is 68.8. The number of hydrogen-bond donors (Lipinski definition) is 4. The molecule has 8 saturated heterocycles. The summed E-state index contributed by atoms with van der Waals surface area (Å²) >= 11 is 0. The number of hydrogen-bond acceptors (Lipinski definition) is 18. The Morgan fingerprint density at radius 1 is 0.368 bits per heavy atom. The van der Waals surface area contributed by atoms with Crippen LogP contribution >= 0.6 is 0 Å². The number of amides is 10. The van der Waals surface area contributed by atoms with Crippen LogP contribution in [-0.4, -0.2) is 295 Å². The van der Waals surface area contributed by atoms with E-state index in [2.05, 4.69) is 169 Å². The van der Waals surface area contributed by atoms with Crippen molar-refractivity contribution in [3.05, 3.63) is 126 Å². The molecule has 4 N–H and O–H groups in total. The van der Waals surface area contributed by atoms with E-state index in [1.807, 2.05) is 131 Å². The molecule has 8 aliphatic rings. The van der Waals surface area contributed by atoms with Gasteiger partial charge in [-0.05, 0) is 228 Å². The maximum atomic E-state index is 13.9. The Morgan fingerprint density at radius 3 is 0.958 bits per heavy atom. The first-order valence-corrected chi connectivity index (χ1v) is 55.2. The maximum absolute atomic E-state index is 13.9. The summed E-state index contributed by atoms with van der Waals surface area (Å²) in [5.74, 6) is 7.68. The van der Waals surface area contributed by atoms with E-state index in [1.165, 1.54) is 0 Å². The summed E-state index contributed by atoms with van der Waals surface area (Å²) in [4.78, 5) is 153. The van der Waals surface area contributed by atoms with E-state index in [0.717, 1.165) is 152 Å². The van der Waals surface area contributed by atoms with Crippen LogP contribution in [0.5, 0.6) is 17.2 Å². The summed E-state index contributed by atoms with van der Waals surface area (Å²) in [5.41, 5.74) is 2.88. The number of carbonyl (C=O) groups excluding carboxylic acids is 10. The minimum atomic E-state index is -0.404. The third-order valence-corrected chi connectivity index (χ3v) is 29.7. The SMILES string of the molecule is CC(C)C[C@@H]1NCCN([C@@H](CC(C)C)C(=O)N2CCC(CC(=O)N(C)Cc3ccccc3)CC2)C1=O.CC(C)C[C@@H]1NCCN([C@@H](CC(C)C)C(=O)N2CCC(COc3cccc(C#N)c3)CC2)C1=O.CCC(CC)N(Cc1ccccc1)C(=O)CC1CCN(C(=O)[C@H](CC(C)C)N2CCN[C@@H](CC(C)C)C2=O)CC1.COc1cccc(OCC2CCN(C(=O)[C@H](CC(C)C)N3CCN[C@@H](CC(C)C)C3=O)CC2)c1. The fourth-order valence-electron chi connectivity index (χ4n) is 21.7. The molecule has 8 atom stereocenters. The standard InChI is InChI=1S/C33H54N4O3.C29H46N4O3.C27H40N4O3.C27H43N3O4/c1-7-28(8-2)37(23-27-12-10-9-11-13-27)31(38)22-26-14-17-35(18-15-26)33(40)30(21-25(5)6)36-19-16-34-29(32(36)39)20-24(3)4;1-21(2)17-25-28(35)33(16-13-30-25)26(18-22(3)4)29(36)32-14-11-23(12-15-32)19-27(34)31(5)20-24-9-7-6-8-10-24;1-19(2)14-24-26(32)31(13-10-29-24)25(15-20(3)4)27(33)30-11-8-21(9-12-30)18-34-23-7-5-6-22(16-23)17-28;1-19(2)15-24-26(31)30(14-11-28-24)25(16-20(3)4)27(32)29-12-9-21(10-13-29)18-34-23-8-6-7-22(17-23)33-5/h9-13,24-26,28-30,34H,7-8,14-23H2,1-6H3;6-10,21-23,25-26,30H,11-20H2,1-5H3;5-7,16,19-21,24-25,29H,8-15,18H2,1-4H3;6-8,17,19-21,24-25,28H,9-16,18H2,1-5H3/t29-,30-;25-,26-;2*24-,25-/m0000/s1. The number of piperazine rings is 4. The van der Waals surface area contributed by atoms with Crippen molar-refractivity contribution in [2.45, 2.75) is 321 Å². The Labute approximate surface area is 864 Å². The average molecular weight is 2000 g/mol. The Bertz CT molecular complexity index is 4630. The number of likely N-dealkylation sites (tertiary alicyclic amines) is 4. The molecule has 28 heteroatoms.